The van der Waals surface area contributed by atoms with Crippen molar-refractivity contribution in [3.63, 3.8) is 0 Å². The summed E-state index contributed by atoms with van der Waals surface area (Å²) in [7, 11) is -1.14. The zero-order valence-corrected chi connectivity index (χ0v) is 12.8. The maximum Gasteiger partial charge on any atom is 0.255 e. The minimum atomic E-state index is -1.14. The zero-order chi connectivity index (χ0) is 14.8. The summed E-state index contributed by atoms with van der Waals surface area (Å²) in [6.07, 6.45) is 4.40. The average molecular weight is 289 g/mol. The number of carbonyl (C=O) groups excluding carboxylic acids is 1. The Morgan fingerprint density at radius 2 is 1.85 bits per heavy atom. The normalized spacial score (nSPS) is 16.4. The van der Waals surface area contributed by atoms with E-state index in [1.165, 1.54) is 0 Å². The second-order valence-corrected chi connectivity index (χ2v) is 7.85. The van der Waals surface area contributed by atoms with E-state index < -0.39 is 10.8 Å². The molecule has 0 heterocycles. The largest absolute Gasteiger partial charge is 0.324 e. The van der Waals surface area contributed by atoms with Crippen LogP contribution in [0.1, 0.15) is 37.6 Å². The molecule has 1 aromatic carbocycles. The van der Waals surface area contributed by atoms with E-state index in [9.17, 15) is 9.00 Å². The van der Waals surface area contributed by atoms with Gasteiger partial charge in [-0.25, -0.2) is 0 Å². The van der Waals surface area contributed by atoms with Crippen molar-refractivity contribution < 1.29 is 9.00 Å². The average Bonchev–Trinajstić information content (AvgIpc) is 2.85. The summed E-state index contributed by atoms with van der Waals surface area (Å²) in [5.74, 6) is -0.160. The summed E-state index contributed by atoms with van der Waals surface area (Å²) in [6.45, 7) is 5.79. The Balaban J connectivity index is 2.20. The first-order valence-electron chi connectivity index (χ1n) is 6.57. The number of rotatable bonds is 3. The molecule has 4 heteroatoms. The molecule has 0 aromatic heterocycles. The third kappa shape index (κ3) is 3.25. The smallest absolute Gasteiger partial charge is 0.255 e. The molecule has 106 valence electrons. The SMILES string of the molecule is CC(C)(C)S(=O)C1=C(NC(=O)c2ccccc2)CC=C1. The molecular weight excluding hydrogens is 270 g/mol. The van der Waals surface area contributed by atoms with Gasteiger partial charge in [0.05, 0.1) is 15.7 Å². The first-order chi connectivity index (χ1) is 9.39. The predicted octanol–water partition coefficient (Wildman–Crippen LogP) is 3.14. The van der Waals surface area contributed by atoms with E-state index in [0.29, 0.717) is 12.0 Å². The van der Waals surface area contributed by atoms with E-state index in [0.717, 1.165) is 10.6 Å². The van der Waals surface area contributed by atoms with Gasteiger partial charge in [0.2, 0.25) is 0 Å². The molecule has 1 amide bonds. The monoisotopic (exact) mass is 289 g/mol. The van der Waals surface area contributed by atoms with Crippen molar-refractivity contribution in [3.8, 4) is 0 Å². The molecule has 0 radical (unpaired) electrons. The third-order valence-corrected chi connectivity index (χ3v) is 4.84. The molecule has 1 aliphatic carbocycles. The molecule has 0 saturated carbocycles. The van der Waals surface area contributed by atoms with E-state index in [1.54, 1.807) is 12.1 Å². The third-order valence-electron chi connectivity index (χ3n) is 2.94. The summed E-state index contributed by atoms with van der Waals surface area (Å²) < 4.78 is 12.1. The molecule has 0 spiro atoms. The van der Waals surface area contributed by atoms with E-state index in [4.69, 9.17) is 0 Å². The van der Waals surface area contributed by atoms with Gasteiger partial charge < -0.3 is 5.32 Å². The van der Waals surface area contributed by atoms with Crippen LogP contribution in [-0.4, -0.2) is 14.9 Å². The Morgan fingerprint density at radius 1 is 1.20 bits per heavy atom. The molecule has 1 atom stereocenters. The number of allylic oxidation sites excluding steroid dienone is 2. The van der Waals surface area contributed by atoms with Gasteiger partial charge in [-0.15, -0.1) is 0 Å². The number of benzene rings is 1. The Kier molecular flexibility index (Phi) is 4.23. The summed E-state index contributed by atoms with van der Waals surface area (Å²) in [5.41, 5.74) is 1.35. The predicted molar refractivity (Wildman–Crippen MR) is 82.6 cm³/mol. The van der Waals surface area contributed by atoms with Crippen molar-refractivity contribution in [1.82, 2.24) is 5.32 Å². The van der Waals surface area contributed by atoms with Crippen LogP contribution in [0.15, 0.2) is 53.1 Å². The summed E-state index contributed by atoms with van der Waals surface area (Å²) in [5, 5.41) is 2.88. The summed E-state index contributed by atoms with van der Waals surface area (Å²) in [6, 6.07) is 9.04. The Bertz CT molecular complexity index is 595. The summed E-state index contributed by atoms with van der Waals surface area (Å²) >= 11 is 0. The standard InChI is InChI=1S/C16H19NO2S/c1-16(2,3)20(19)14-11-7-10-13(14)17-15(18)12-8-5-4-6-9-12/h4-9,11H,10H2,1-3H3,(H,17,18). The highest BCUT2D eigenvalue weighted by molar-refractivity contribution is 7.90. The Hall–Kier alpha value is -1.68. The summed E-state index contributed by atoms with van der Waals surface area (Å²) in [4.78, 5) is 12.9. The van der Waals surface area contributed by atoms with Crippen LogP contribution in [0.4, 0.5) is 0 Å². The first kappa shape index (κ1) is 14.7. The highest BCUT2D eigenvalue weighted by Gasteiger charge is 2.26. The molecule has 1 unspecified atom stereocenters. The molecule has 0 aliphatic heterocycles. The molecule has 0 saturated heterocycles. The zero-order valence-electron chi connectivity index (χ0n) is 12.0. The lowest BCUT2D eigenvalue weighted by Gasteiger charge is -2.19. The first-order valence-corrected chi connectivity index (χ1v) is 7.72. The van der Waals surface area contributed by atoms with Gasteiger partial charge in [0, 0.05) is 22.4 Å². The van der Waals surface area contributed by atoms with Crippen molar-refractivity contribution in [1.29, 1.82) is 0 Å². The lowest BCUT2D eigenvalue weighted by atomic mass is 10.2. The van der Waals surface area contributed by atoms with Crippen molar-refractivity contribution >= 4 is 16.7 Å². The molecule has 1 aliphatic rings. The number of carbonyl (C=O) groups is 1. The van der Waals surface area contributed by atoms with Crippen molar-refractivity contribution in [3.05, 3.63) is 58.6 Å². The molecule has 1 N–H and O–H groups in total. The van der Waals surface area contributed by atoms with Crippen LogP contribution in [0.5, 0.6) is 0 Å². The fourth-order valence-electron chi connectivity index (χ4n) is 1.90. The number of nitrogens with one attached hydrogen (secondary N) is 1. The molecule has 3 nitrogen and oxygen atoms in total. The van der Waals surface area contributed by atoms with Crippen LogP contribution < -0.4 is 5.32 Å². The van der Waals surface area contributed by atoms with Gasteiger partial charge in [-0.1, -0.05) is 24.3 Å². The highest BCUT2D eigenvalue weighted by atomic mass is 32.2. The van der Waals surface area contributed by atoms with Gasteiger partial charge in [-0.2, -0.15) is 0 Å². The van der Waals surface area contributed by atoms with Crippen molar-refractivity contribution in [2.24, 2.45) is 0 Å². The highest BCUT2D eigenvalue weighted by Crippen LogP contribution is 2.27. The minimum Gasteiger partial charge on any atom is -0.324 e. The van der Waals surface area contributed by atoms with E-state index in [2.05, 4.69) is 5.32 Å². The lowest BCUT2D eigenvalue weighted by molar-refractivity contribution is 0.0965. The van der Waals surface area contributed by atoms with Crippen LogP contribution >= 0.6 is 0 Å². The van der Waals surface area contributed by atoms with Crippen LogP contribution in [0.3, 0.4) is 0 Å². The second-order valence-electron chi connectivity index (χ2n) is 5.65. The quantitative estimate of drug-likeness (QED) is 0.929. The molecule has 2 rings (SSSR count). The number of hydrogen-bond donors (Lipinski definition) is 1. The van der Waals surface area contributed by atoms with Gasteiger partial charge in [-0.3, -0.25) is 9.00 Å². The maximum atomic E-state index is 12.4. The molecule has 20 heavy (non-hydrogen) atoms. The molecule has 0 fully saturated rings. The van der Waals surface area contributed by atoms with Crippen LogP contribution in [0.2, 0.25) is 0 Å². The Labute approximate surface area is 122 Å². The topological polar surface area (TPSA) is 46.2 Å². The molecule has 1 aromatic rings. The number of hydrogen-bond acceptors (Lipinski definition) is 2. The number of amides is 1. The molecule has 0 bridgehead atoms. The van der Waals surface area contributed by atoms with Gasteiger partial charge in [-0.05, 0) is 39.0 Å². The van der Waals surface area contributed by atoms with Crippen molar-refractivity contribution in [2.75, 3.05) is 0 Å². The maximum absolute atomic E-state index is 12.4. The molecular formula is C16H19NO2S. The van der Waals surface area contributed by atoms with Crippen LogP contribution in [0.25, 0.3) is 0 Å². The minimum absolute atomic E-state index is 0.160. The fourth-order valence-corrected chi connectivity index (χ4v) is 3.14. The van der Waals surface area contributed by atoms with Gasteiger partial charge in [0.15, 0.2) is 0 Å². The Morgan fingerprint density at radius 3 is 2.45 bits per heavy atom. The van der Waals surface area contributed by atoms with Crippen molar-refractivity contribution in [2.45, 2.75) is 31.9 Å². The van der Waals surface area contributed by atoms with Gasteiger partial charge >= 0.3 is 0 Å². The van der Waals surface area contributed by atoms with Crippen LogP contribution in [0, 0.1) is 0 Å². The van der Waals surface area contributed by atoms with E-state index in [1.807, 2.05) is 51.1 Å². The fraction of sp³-hybridized carbons (Fsp3) is 0.312. The van der Waals surface area contributed by atoms with E-state index >= 15 is 0 Å². The van der Waals surface area contributed by atoms with Crippen LogP contribution in [-0.2, 0) is 10.8 Å². The second kappa shape index (κ2) is 5.75. The van der Waals surface area contributed by atoms with Gasteiger partial charge in [0.25, 0.3) is 5.91 Å². The van der Waals surface area contributed by atoms with E-state index in [-0.39, 0.29) is 10.7 Å². The van der Waals surface area contributed by atoms with Gasteiger partial charge in [0.1, 0.15) is 0 Å². The lowest BCUT2D eigenvalue weighted by Crippen LogP contribution is -2.27.